The summed E-state index contributed by atoms with van der Waals surface area (Å²) in [5.41, 5.74) is 0. The van der Waals surface area contributed by atoms with Gasteiger partial charge in [-0.1, -0.05) is 6.92 Å². The molecule has 1 saturated heterocycles. The molecule has 6 nitrogen and oxygen atoms in total. The molecule has 0 bridgehead atoms. The van der Waals surface area contributed by atoms with E-state index in [4.69, 9.17) is 0 Å². The number of amides is 1. The predicted molar refractivity (Wildman–Crippen MR) is 72.8 cm³/mol. The van der Waals surface area contributed by atoms with Crippen molar-refractivity contribution < 1.29 is 14.3 Å². The smallest absolute Gasteiger partial charge is 0.319 e. The first-order chi connectivity index (χ1) is 9.06. The fraction of sp³-hybridized carbons (Fsp3) is 0.846. The lowest BCUT2D eigenvalue weighted by molar-refractivity contribution is -0.142. The summed E-state index contributed by atoms with van der Waals surface area (Å²) >= 11 is 0. The summed E-state index contributed by atoms with van der Waals surface area (Å²) < 4.78 is 4.63. The van der Waals surface area contributed by atoms with E-state index >= 15 is 0 Å². The number of ether oxygens (including phenoxy) is 1. The molecule has 0 aromatic heterocycles. The Morgan fingerprint density at radius 3 is 2.42 bits per heavy atom. The fourth-order valence-corrected chi connectivity index (χ4v) is 1.92. The Morgan fingerprint density at radius 1 is 1.26 bits per heavy atom. The summed E-state index contributed by atoms with van der Waals surface area (Å²) in [4.78, 5) is 27.0. The molecule has 1 N–H and O–H groups in total. The molecule has 1 fully saturated rings. The number of hydrogen-bond acceptors (Lipinski definition) is 5. The van der Waals surface area contributed by atoms with E-state index in [2.05, 4.69) is 23.9 Å². The van der Waals surface area contributed by atoms with Crippen molar-refractivity contribution in [1.29, 1.82) is 0 Å². The second-order valence-corrected chi connectivity index (χ2v) is 4.92. The van der Waals surface area contributed by atoms with Crippen molar-refractivity contribution in [2.45, 2.75) is 26.3 Å². The number of hydrogen-bond donors (Lipinski definition) is 1. The molecular formula is C13H25N3O3. The minimum Gasteiger partial charge on any atom is -0.468 e. The van der Waals surface area contributed by atoms with Gasteiger partial charge in [0.2, 0.25) is 5.91 Å². The van der Waals surface area contributed by atoms with E-state index in [0.717, 1.165) is 19.5 Å². The van der Waals surface area contributed by atoms with Gasteiger partial charge >= 0.3 is 5.97 Å². The molecule has 1 unspecified atom stereocenters. The average Bonchev–Trinajstić information content (AvgIpc) is 2.44. The summed E-state index contributed by atoms with van der Waals surface area (Å²) in [5.74, 6) is -0.0868. The van der Waals surface area contributed by atoms with Gasteiger partial charge in [0, 0.05) is 32.2 Å². The van der Waals surface area contributed by atoms with Gasteiger partial charge in [-0.3, -0.25) is 14.5 Å². The lowest BCUT2D eigenvalue weighted by atomic mass is 10.2. The molecule has 1 rings (SSSR count). The van der Waals surface area contributed by atoms with Gasteiger partial charge in [0.05, 0.1) is 20.2 Å². The maximum absolute atomic E-state index is 12.0. The van der Waals surface area contributed by atoms with Gasteiger partial charge in [0.25, 0.3) is 0 Å². The van der Waals surface area contributed by atoms with E-state index in [1.165, 1.54) is 7.11 Å². The third-order valence-corrected chi connectivity index (χ3v) is 3.52. The monoisotopic (exact) mass is 271 g/mol. The Bertz CT molecular complexity index is 302. The van der Waals surface area contributed by atoms with Crippen molar-refractivity contribution in [3.8, 4) is 0 Å². The van der Waals surface area contributed by atoms with Crippen molar-refractivity contribution >= 4 is 11.9 Å². The second kappa shape index (κ2) is 8.12. The molecule has 6 heteroatoms. The van der Waals surface area contributed by atoms with Crippen LogP contribution in [0.3, 0.4) is 0 Å². The van der Waals surface area contributed by atoms with Crippen LogP contribution in [0.5, 0.6) is 0 Å². The number of piperazine rings is 1. The van der Waals surface area contributed by atoms with Crippen LogP contribution < -0.4 is 5.32 Å². The number of esters is 1. The van der Waals surface area contributed by atoms with Crippen LogP contribution in [0.1, 0.15) is 20.3 Å². The molecule has 0 aromatic rings. The third-order valence-electron chi connectivity index (χ3n) is 3.52. The minimum atomic E-state index is -0.224. The van der Waals surface area contributed by atoms with Gasteiger partial charge in [-0.25, -0.2) is 0 Å². The van der Waals surface area contributed by atoms with Gasteiger partial charge in [-0.15, -0.1) is 0 Å². The molecule has 1 aliphatic rings. The maximum Gasteiger partial charge on any atom is 0.319 e. The summed E-state index contributed by atoms with van der Waals surface area (Å²) in [7, 11) is 1.39. The van der Waals surface area contributed by atoms with Gasteiger partial charge < -0.3 is 15.0 Å². The molecule has 0 aromatic carbocycles. The Kier molecular flexibility index (Phi) is 6.80. The highest BCUT2D eigenvalue weighted by molar-refractivity contribution is 5.78. The Hall–Kier alpha value is -1.14. The number of nitrogens with zero attached hydrogens (tertiary/aromatic N) is 2. The predicted octanol–water partition coefficient (Wildman–Crippen LogP) is -0.308. The summed E-state index contributed by atoms with van der Waals surface area (Å²) in [6.45, 7) is 7.68. The standard InChI is InChI=1S/C13H25N3O3/c1-4-11(2)14-9-12(17)16-7-5-15(6-8-16)10-13(18)19-3/h11,14H,4-10H2,1-3H3. The van der Waals surface area contributed by atoms with Crippen molar-refractivity contribution in [2.24, 2.45) is 0 Å². The molecule has 0 radical (unpaired) electrons. The average molecular weight is 271 g/mol. The fourth-order valence-electron chi connectivity index (χ4n) is 1.92. The normalized spacial score (nSPS) is 18.2. The van der Waals surface area contributed by atoms with Crippen LogP contribution in [-0.4, -0.2) is 74.1 Å². The first kappa shape index (κ1) is 15.9. The van der Waals surface area contributed by atoms with Crippen LogP contribution in [0, 0.1) is 0 Å². The van der Waals surface area contributed by atoms with E-state index in [0.29, 0.717) is 32.2 Å². The van der Waals surface area contributed by atoms with Gasteiger partial charge in [0.1, 0.15) is 0 Å². The quantitative estimate of drug-likeness (QED) is 0.672. The van der Waals surface area contributed by atoms with Crippen molar-refractivity contribution in [3.63, 3.8) is 0 Å². The first-order valence-electron chi connectivity index (χ1n) is 6.87. The van der Waals surface area contributed by atoms with Crippen molar-refractivity contribution in [3.05, 3.63) is 0 Å². The zero-order valence-electron chi connectivity index (χ0n) is 12.1. The van der Waals surface area contributed by atoms with Crippen molar-refractivity contribution in [1.82, 2.24) is 15.1 Å². The van der Waals surface area contributed by atoms with E-state index in [9.17, 15) is 9.59 Å². The number of rotatable bonds is 6. The summed E-state index contributed by atoms with van der Waals surface area (Å²) in [6, 6.07) is 0.365. The molecule has 19 heavy (non-hydrogen) atoms. The number of nitrogens with one attached hydrogen (secondary N) is 1. The lowest BCUT2D eigenvalue weighted by Gasteiger charge is -2.34. The number of carbonyl (C=O) groups is 2. The first-order valence-corrected chi connectivity index (χ1v) is 6.87. The largest absolute Gasteiger partial charge is 0.468 e. The lowest BCUT2D eigenvalue weighted by Crippen LogP contribution is -2.52. The molecule has 0 aliphatic carbocycles. The van der Waals surface area contributed by atoms with E-state index in [-0.39, 0.29) is 11.9 Å². The van der Waals surface area contributed by atoms with Gasteiger partial charge in [0.15, 0.2) is 0 Å². The highest BCUT2D eigenvalue weighted by Gasteiger charge is 2.22. The summed E-state index contributed by atoms with van der Waals surface area (Å²) in [6.07, 6.45) is 1.01. The highest BCUT2D eigenvalue weighted by atomic mass is 16.5. The van der Waals surface area contributed by atoms with Gasteiger partial charge in [-0.05, 0) is 13.3 Å². The van der Waals surface area contributed by atoms with Crippen LogP contribution >= 0.6 is 0 Å². The van der Waals surface area contributed by atoms with Gasteiger partial charge in [-0.2, -0.15) is 0 Å². The topological polar surface area (TPSA) is 61.9 Å². The van der Waals surface area contributed by atoms with Crippen molar-refractivity contribution in [2.75, 3.05) is 46.4 Å². The molecule has 1 heterocycles. The highest BCUT2D eigenvalue weighted by Crippen LogP contribution is 2.02. The minimum absolute atomic E-state index is 0.137. The van der Waals surface area contributed by atoms with E-state index in [1.807, 2.05) is 9.80 Å². The Morgan fingerprint density at radius 2 is 1.89 bits per heavy atom. The molecule has 1 amide bonds. The van der Waals surface area contributed by atoms with Crippen LogP contribution in [0.25, 0.3) is 0 Å². The number of methoxy groups -OCH3 is 1. The van der Waals surface area contributed by atoms with Crippen LogP contribution in [0.15, 0.2) is 0 Å². The number of carbonyl (C=O) groups excluding carboxylic acids is 2. The van der Waals surface area contributed by atoms with E-state index < -0.39 is 0 Å². The molecule has 1 atom stereocenters. The molecule has 0 spiro atoms. The Balaban J connectivity index is 2.25. The summed E-state index contributed by atoms with van der Waals surface area (Å²) in [5, 5.41) is 3.20. The second-order valence-electron chi connectivity index (χ2n) is 4.92. The third kappa shape index (κ3) is 5.57. The molecule has 1 aliphatic heterocycles. The maximum atomic E-state index is 12.0. The zero-order valence-corrected chi connectivity index (χ0v) is 12.1. The zero-order chi connectivity index (χ0) is 14.3. The van der Waals surface area contributed by atoms with Crippen LogP contribution in [0.4, 0.5) is 0 Å². The molecular weight excluding hydrogens is 246 g/mol. The molecule has 110 valence electrons. The Labute approximate surface area is 115 Å². The SMILES string of the molecule is CCC(C)NCC(=O)N1CCN(CC(=O)OC)CC1. The van der Waals surface area contributed by atoms with Crippen LogP contribution in [0.2, 0.25) is 0 Å². The molecule has 0 saturated carbocycles. The van der Waals surface area contributed by atoms with Crippen LogP contribution in [-0.2, 0) is 14.3 Å². The van der Waals surface area contributed by atoms with E-state index in [1.54, 1.807) is 0 Å².